The summed E-state index contributed by atoms with van der Waals surface area (Å²) in [4.78, 5) is 39.0. The van der Waals surface area contributed by atoms with Gasteiger partial charge in [0.1, 0.15) is 17.5 Å². The van der Waals surface area contributed by atoms with Crippen molar-refractivity contribution >= 4 is 17.6 Å². The summed E-state index contributed by atoms with van der Waals surface area (Å²) in [5.74, 6) is -1.18. The predicted molar refractivity (Wildman–Crippen MR) is 71.7 cm³/mol. The lowest BCUT2D eigenvalue weighted by atomic mass is 9.83. The summed E-state index contributed by atoms with van der Waals surface area (Å²) in [5, 5.41) is 2.59. The van der Waals surface area contributed by atoms with Gasteiger partial charge in [0.05, 0.1) is 0 Å². The Labute approximate surface area is 116 Å². The third-order valence-corrected chi connectivity index (χ3v) is 3.48. The first kappa shape index (κ1) is 14.2. The van der Waals surface area contributed by atoms with Gasteiger partial charge < -0.3 is 11.1 Å². The molecule has 6 nitrogen and oxygen atoms in total. The Morgan fingerprint density at radius 1 is 1.40 bits per heavy atom. The molecule has 1 aliphatic rings. The number of hydrogen-bond donors (Lipinski definition) is 2. The van der Waals surface area contributed by atoms with Crippen molar-refractivity contribution in [3.8, 4) is 0 Å². The van der Waals surface area contributed by atoms with E-state index in [4.69, 9.17) is 5.73 Å². The highest BCUT2D eigenvalue weighted by Crippen LogP contribution is 2.24. The Morgan fingerprint density at radius 3 is 2.80 bits per heavy atom. The van der Waals surface area contributed by atoms with Crippen molar-refractivity contribution in [2.24, 2.45) is 11.7 Å². The first-order valence-corrected chi connectivity index (χ1v) is 6.61. The van der Waals surface area contributed by atoms with Crippen LogP contribution in [-0.4, -0.2) is 28.6 Å². The molecule has 0 aromatic carbocycles. The largest absolute Gasteiger partial charge is 0.368 e. The van der Waals surface area contributed by atoms with E-state index in [1.54, 1.807) is 18.2 Å². The minimum Gasteiger partial charge on any atom is -0.368 e. The van der Waals surface area contributed by atoms with Crippen LogP contribution in [0.25, 0.3) is 0 Å². The lowest BCUT2D eigenvalue weighted by Crippen LogP contribution is -2.50. The van der Waals surface area contributed by atoms with Gasteiger partial charge in [0.25, 0.3) is 5.91 Å². The molecule has 1 aliphatic carbocycles. The zero-order chi connectivity index (χ0) is 14.5. The van der Waals surface area contributed by atoms with Gasteiger partial charge in [0, 0.05) is 19.0 Å². The lowest BCUT2D eigenvalue weighted by molar-refractivity contribution is -0.124. The van der Waals surface area contributed by atoms with E-state index in [1.807, 2.05) is 0 Å². The number of nitrogens with zero attached hydrogens (tertiary/aromatic N) is 1. The number of carbonyl (C=O) groups excluding carboxylic acids is 3. The average Bonchev–Trinajstić information content (AvgIpc) is 2.45. The minimum absolute atomic E-state index is 0.111. The van der Waals surface area contributed by atoms with Crippen LogP contribution in [0.3, 0.4) is 0 Å². The number of pyridine rings is 1. The highest BCUT2D eigenvalue weighted by atomic mass is 16.2. The van der Waals surface area contributed by atoms with Crippen LogP contribution in [-0.2, 0) is 9.59 Å². The van der Waals surface area contributed by atoms with E-state index in [1.165, 1.54) is 6.20 Å². The summed E-state index contributed by atoms with van der Waals surface area (Å²) in [7, 11) is 0. The second kappa shape index (κ2) is 6.27. The number of amides is 2. The van der Waals surface area contributed by atoms with Crippen molar-refractivity contribution in [1.82, 2.24) is 10.3 Å². The van der Waals surface area contributed by atoms with Crippen molar-refractivity contribution in [2.75, 3.05) is 0 Å². The van der Waals surface area contributed by atoms with Gasteiger partial charge in [-0.05, 0) is 30.9 Å². The number of carbonyl (C=O) groups is 3. The summed E-state index contributed by atoms with van der Waals surface area (Å²) in [6.07, 6.45) is 3.76. The molecule has 1 heterocycles. The van der Waals surface area contributed by atoms with E-state index in [0.717, 1.165) is 6.42 Å². The smallest absolute Gasteiger partial charge is 0.270 e. The van der Waals surface area contributed by atoms with Crippen molar-refractivity contribution < 1.29 is 14.4 Å². The number of nitrogens with one attached hydrogen (secondary N) is 1. The van der Waals surface area contributed by atoms with E-state index in [-0.39, 0.29) is 23.8 Å². The van der Waals surface area contributed by atoms with Gasteiger partial charge in [-0.1, -0.05) is 6.07 Å². The molecule has 1 saturated carbocycles. The molecule has 1 aromatic heterocycles. The van der Waals surface area contributed by atoms with E-state index in [2.05, 4.69) is 10.3 Å². The molecule has 0 spiro atoms. The molecule has 1 aromatic rings. The molecule has 0 radical (unpaired) electrons. The van der Waals surface area contributed by atoms with Crippen LogP contribution in [0.5, 0.6) is 0 Å². The zero-order valence-electron chi connectivity index (χ0n) is 11.0. The quantitative estimate of drug-likeness (QED) is 0.831. The third-order valence-electron chi connectivity index (χ3n) is 3.48. The van der Waals surface area contributed by atoms with Gasteiger partial charge in [-0.15, -0.1) is 0 Å². The zero-order valence-corrected chi connectivity index (χ0v) is 11.0. The Hall–Kier alpha value is -2.24. The highest BCUT2D eigenvalue weighted by molar-refractivity contribution is 5.96. The number of aromatic nitrogens is 1. The van der Waals surface area contributed by atoms with Crippen LogP contribution in [0.2, 0.25) is 0 Å². The van der Waals surface area contributed by atoms with Gasteiger partial charge >= 0.3 is 0 Å². The average molecular weight is 275 g/mol. The number of Topliss-reactive ketones (excluding diaryl/α,β-unsaturated/α-hetero) is 1. The molecule has 6 heteroatoms. The maximum Gasteiger partial charge on any atom is 0.270 e. The second-order valence-electron chi connectivity index (χ2n) is 4.96. The van der Waals surface area contributed by atoms with Crippen LogP contribution in [0, 0.1) is 5.92 Å². The molecule has 2 atom stereocenters. The van der Waals surface area contributed by atoms with Crippen molar-refractivity contribution in [1.29, 1.82) is 0 Å². The van der Waals surface area contributed by atoms with Crippen molar-refractivity contribution in [2.45, 2.75) is 31.7 Å². The Balaban J connectivity index is 2.08. The molecular formula is C14H17N3O3. The van der Waals surface area contributed by atoms with Gasteiger partial charge in [-0.2, -0.15) is 0 Å². The first-order chi connectivity index (χ1) is 9.58. The van der Waals surface area contributed by atoms with E-state index >= 15 is 0 Å². The summed E-state index contributed by atoms with van der Waals surface area (Å²) in [5.41, 5.74) is 5.58. The van der Waals surface area contributed by atoms with Crippen LogP contribution in [0.4, 0.5) is 0 Å². The molecule has 0 bridgehead atoms. The molecule has 106 valence electrons. The normalized spacial score (nSPS) is 20.2. The summed E-state index contributed by atoms with van der Waals surface area (Å²) in [6.45, 7) is 0. The number of primary amides is 1. The topological polar surface area (TPSA) is 102 Å². The van der Waals surface area contributed by atoms with Crippen molar-refractivity contribution in [3.05, 3.63) is 30.1 Å². The maximum atomic E-state index is 12.0. The lowest BCUT2D eigenvalue weighted by Gasteiger charge is -2.27. The SMILES string of the molecule is NC(=O)[C@H](NC(=O)c1ccccn1)[C@@H]1CCCC(=O)C1. The number of nitrogens with two attached hydrogens (primary N) is 1. The first-order valence-electron chi connectivity index (χ1n) is 6.61. The van der Waals surface area contributed by atoms with Gasteiger partial charge in [-0.25, -0.2) is 0 Å². The van der Waals surface area contributed by atoms with Gasteiger partial charge in [-0.3, -0.25) is 19.4 Å². The van der Waals surface area contributed by atoms with Gasteiger partial charge in [0.2, 0.25) is 5.91 Å². The summed E-state index contributed by atoms with van der Waals surface area (Å²) >= 11 is 0. The molecule has 0 saturated heterocycles. The van der Waals surface area contributed by atoms with Crippen LogP contribution < -0.4 is 11.1 Å². The summed E-state index contributed by atoms with van der Waals surface area (Å²) in [6, 6.07) is 4.11. The number of ketones is 1. The highest BCUT2D eigenvalue weighted by Gasteiger charge is 2.32. The Bertz CT molecular complexity index is 516. The summed E-state index contributed by atoms with van der Waals surface area (Å²) < 4.78 is 0. The molecule has 2 rings (SSSR count). The number of hydrogen-bond acceptors (Lipinski definition) is 4. The van der Waals surface area contributed by atoms with E-state index in [0.29, 0.717) is 12.8 Å². The molecule has 20 heavy (non-hydrogen) atoms. The van der Waals surface area contributed by atoms with Crippen LogP contribution in [0.1, 0.15) is 36.2 Å². The molecule has 1 fully saturated rings. The van der Waals surface area contributed by atoms with E-state index in [9.17, 15) is 14.4 Å². The standard InChI is InChI=1S/C14H17N3O3/c15-13(19)12(9-4-3-5-10(18)8-9)17-14(20)11-6-1-2-7-16-11/h1-2,6-7,9,12H,3-5,8H2,(H2,15,19)(H,17,20)/t9-,12-/m1/s1. The fraction of sp³-hybridized carbons (Fsp3) is 0.429. The second-order valence-corrected chi connectivity index (χ2v) is 4.96. The molecule has 3 N–H and O–H groups in total. The Morgan fingerprint density at radius 2 is 2.20 bits per heavy atom. The fourth-order valence-corrected chi connectivity index (χ4v) is 2.48. The van der Waals surface area contributed by atoms with Gasteiger partial charge in [0.15, 0.2) is 0 Å². The maximum absolute atomic E-state index is 12.0. The van der Waals surface area contributed by atoms with E-state index < -0.39 is 17.9 Å². The van der Waals surface area contributed by atoms with Crippen molar-refractivity contribution in [3.63, 3.8) is 0 Å². The molecule has 0 unspecified atom stereocenters. The van der Waals surface area contributed by atoms with Crippen LogP contribution >= 0.6 is 0 Å². The third kappa shape index (κ3) is 3.40. The number of rotatable bonds is 4. The molecule has 0 aliphatic heterocycles. The molecular weight excluding hydrogens is 258 g/mol. The molecule has 2 amide bonds. The predicted octanol–water partition coefficient (Wildman–Crippen LogP) is 0.425. The van der Waals surface area contributed by atoms with Crippen LogP contribution in [0.15, 0.2) is 24.4 Å². The minimum atomic E-state index is -0.825. The Kier molecular flexibility index (Phi) is 4.45. The fourth-order valence-electron chi connectivity index (χ4n) is 2.48. The monoisotopic (exact) mass is 275 g/mol.